The van der Waals surface area contributed by atoms with Gasteiger partial charge in [-0.1, -0.05) is 6.92 Å². The van der Waals surface area contributed by atoms with Gasteiger partial charge in [0, 0.05) is 25.6 Å². The molecule has 2 heterocycles. The molecule has 2 aliphatic heterocycles. The van der Waals surface area contributed by atoms with E-state index in [-0.39, 0.29) is 29.9 Å². The number of carbonyl (C=O) groups excluding carboxylic acids is 2. The molecular formula is C17H31N3O3. The Kier molecular flexibility index (Phi) is 6.84. The van der Waals surface area contributed by atoms with E-state index in [1.165, 1.54) is 0 Å². The molecule has 2 unspecified atom stereocenters. The number of carbonyl (C=O) groups is 2. The van der Waals surface area contributed by atoms with Crippen LogP contribution in [0.3, 0.4) is 0 Å². The standard InChI is InChI=1S/C17H31N3O3/c1-4-7-18-17(22)15-5-8-19(9-6-15)12-16(21)20-10-13(2)23-14(3)11-20/h13-15H,4-12H2,1-3H3,(H,18,22). The number of morpholine rings is 1. The molecular weight excluding hydrogens is 294 g/mol. The van der Waals surface area contributed by atoms with Gasteiger partial charge in [0.05, 0.1) is 18.8 Å². The lowest BCUT2D eigenvalue weighted by atomic mass is 9.96. The van der Waals surface area contributed by atoms with E-state index in [1.54, 1.807) is 0 Å². The van der Waals surface area contributed by atoms with Gasteiger partial charge in [0.25, 0.3) is 0 Å². The predicted molar refractivity (Wildman–Crippen MR) is 89.1 cm³/mol. The summed E-state index contributed by atoms with van der Waals surface area (Å²) in [4.78, 5) is 28.5. The van der Waals surface area contributed by atoms with Crippen LogP contribution in [0.5, 0.6) is 0 Å². The summed E-state index contributed by atoms with van der Waals surface area (Å²) in [5.41, 5.74) is 0. The molecule has 6 heteroatoms. The number of likely N-dealkylation sites (tertiary alicyclic amines) is 1. The van der Waals surface area contributed by atoms with E-state index >= 15 is 0 Å². The van der Waals surface area contributed by atoms with Gasteiger partial charge in [0.1, 0.15) is 0 Å². The van der Waals surface area contributed by atoms with Crippen molar-refractivity contribution in [1.29, 1.82) is 0 Å². The molecule has 132 valence electrons. The Morgan fingerprint density at radius 2 is 1.74 bits per heavy atom. The lowest BCUT2D eigenvalue weighted by molar-refractivity contribution is -0.144. The second kappa shape index (κ2) is 8.64. The van der Waals surface area contributed by atoms with Crippen molar-refractivity contribution < 1.29 is 14.3 Å². The molecule has 23 heavy (non-hydrogen) atoms. The summed E-state index contributed by atoms with van der Waals surface area (Å²) in [6.07, 6.45) is 2.87. The highest BCUT2D eigenvalue weighted by Gasteiger charge is 2.29. The van der Waals surface area contributed by atoms with E-state index in [1.807, 2.05) is 18.7 Å². The molecule has 6 nitrogen and oxygen atoms in total. The third-order valence-corrected chi connectivity index (χ3v) is 4.64. The van der Waals surface area contributed by atoms with Crippen LogP contribution < -0.4 is 5.32 Å². The van der Waals surface area contributed by atoms with Gasteiger partial charge in [-0.15, -0.1) is 0 Å². The van der Waals surface area contributed by atoms with Crippen molar-refractivity contribution in [3.63, 3.8) is 0 Å². The second-order valence-electron chi connectivity index (χ2n) is 6.90. The van der Waals surface area contributed by atoms with Crippen LogP contribution in [0.1, 0.15) is 40.0 Å². The number of hydrogen-bond acceptors (Lipinski definition) is 4. The van der Waals surface area contributed by atoms with Crippen molar-refractivity contribution in [2.45, 2.75) is 52.2 Å². The maximum absolute atomic E-state index is 12.5. The molecule has 2 atom stereocenters. The average molecular weight is 325 g/mol. The molecule has 1 N–H and O–H groups in total. The third-order valence-electron chi connectivity index (χ3n) is 4.64. The summed E-state index contributed by atoms with van der Waals surface area (Å²) >= 11 is 0. The largest absolute Gasteiger partial charge is 0.372 e. The minimum Gasteiger partial charge on any atom is -0.372 e. The van der Waals surface area contributed by atoms with Gasteiger partial charge in [0.2, 0.25) is 11.8 Å². The van der Waals surface area contributed by atoms with Crippen molar-refractivity contribution in [1.82, 2.24) is 15.1 Å². The Morgan fingerprint density at radius 1 is 1.13 bits per heavy atom. The molecule has 0 spiro atoms. The molecule has 2 aliphatic rings. The first-order valence-electron chi connectivity index (χ1n) is 8.92. The third kappa shape index (κ3) is 5.46. The number of nitrogens with zero attached hydrogens (tertiary/aromatic N) is 2. The first-order valence-corrected chi connectivity index (χ1v) is 8.92. The zero-order valence-electron chi connectivity index (χ0n) is 14.7. The fraction of sp³-hybridized carbons (Fsp3) is 0.882. The number of rotatable bonds is 5. The summed E-state index contributed by atoms with van der Waals surface area (Å²) in [7, 11) is 0. The molecule has 0 bridgehead atoms. The van der Waals surface area contributed by atoms with Gasteiger partial charge in [-0.25, -0.2) is 0 Å². The zero-order chi connectivity index (χ0) is 16.8. The first-order chi connectivity index (χ1) is 11.0. The quantitative estimate of drug-likeness (QED) is 0.814. The molecule has 0 aromatic carbocycles. The summed E-state index contributed by atoms with van der Waals surface area (Å²) in [5.74, 6) is 0.464. The molecule has 2 amide bonds. The zero-order valence-corrected chi connectivity index (χ0v) is 14.7. The van der Waals surface area contributed by atoms with Gasteiger partial charge in [-0.2, -0.15) is 0 Å². The Labute approximate surface area is 139 Å². The molecule has 2 saturated heterocycles. The van der Waals surface area contributed by atoms with E-state index in [2.05, 4.69) is 17.1 Å². The van der Waals surface area contributed by atoms with Gasteiger partial charge < -0.3 is 15.0 Å². The maximum Gasteiger partial charge on any atom is 0.236 e. The summed E-state index contributed by atoms with van der Waals surface area (Å²) < 4.78 is 5.68. The van der Waals surface area contributed by atoms with Crippen molar-refractivity contribution in [2.75, 3.05) is 39.3 Å². The number of ether oxygens (including phenoxy) is 1. The smallest absolute Gasteiger partial charge is 0.236 e. The Bertz CT molecular complexity index is 398. The molecule has 0 saturated carbocycles. The first kappa shape index (κ1) is 18.2. The number of hydrogen-bond donors (Lipinski definition) is 1. The van der Waals surface area contributed by atoms with Crippen LogP contribution in [0.15, 0.2) is 0 Å². The number of piperidine rings is 1. The molecule has 0 aromatic heterocycles. The van der Waals surface area contributed by atoms with Crippen LogP contribution in [0.2, 0.25) is 0 Å². The fourth-order valence-corrected chi connectivity index (χ4v) is 3.42. The average Bonchev–Trinajstić information content (AvgIpc) is 2.52. The molecule has 2 rings (SSSR count). The topological polar surface area (TPSA) is 61.9 Å². The van der Waals surface area contributed by atoms with Crippen LogP contribution >= 0.6 is 0 Å². The van der Waals surface area contributed by atoms with Crippen molar-refractivity contribution in [3.05, 3.63) is 0 Å². The highest BCUT2D eigenvalue weighted by molar-refractivity contribution is 5.79. The van der Waals surface area contributed by atoms with E-state index in [4.69, 9.17) is 4.74 Å². The van der Waals surface area contributed by atoms with E-state index < -0.39 is 0 Å². The van der Waals surface area contributed by atoms with Gasteiger partial charge in [-0.3, -0.25) is 14.5 Å². The van der Waals surface area contributed by atoms with Crippen LogP contribution in [-0.4, -0.2) is 73.1 Å². The lowest BCUT2D eigenvalue weighted by Gasteiger charge is -2.37. The second-order valence-corrected chi connectivity index (χ2v) is 6.90. The predicted octanol–water partition coefficient (Wildman–Crippen LogP) is 0.860. The lowest BCUT2D eigenvalue weighted by Crippen LogP contribution is -2.52. The molecule has 0 aliphatic carbocycles. The summed E-state index contributed by atoms with van der Waals surface area (Å²) in [5, 5.41) is 2.97. The van der Waals surface area contributed by atoms with Crippen molar-refractivity contribution in [3.8, 4) is 0 Å². The minimum absolute atomic E-state index is 0.107. The normalized spacial score (nSPS) is 27.0. The van der Waals surface area contributed by atoms with Gasteiger partial charge >= 0.3 is 0 Å². The van der Waals surface area contributed by atoms with E-state index in [0.29, 0.717) is 19.6 Å². The monoisotopic (exact) mass is 325 g/mol. The minimum atomic E-state index is 0.107. The highest BCUT2D eigenvalue weighted by Crippen LogP contribution is 2.18. The summed E-state index contributed by atoms with van der Waals surface area (Å²) in [6, 6.07) is 0. The van der Waals surface area contributed by atoms with Crippen LogP contribution in [-0.2, 0) is 14.3 Å². The number of amides is 2. The summed E-state index contributed by atoms with van der Waals surface area (Å²) in [6.45, 7) is 10.3. The maximum atomic E-state index is 12.5. The molecule has 0 radical (unpaired) electrons. The number of nitrogens with one attached hydrogen (secondary N) is 1. The van der Waals surface area contributed by atoms with E-state index in [0.717, 1.165) is 38.9 Å². The van der Waals surface area contributed by atoms with Crippen LogP contribution in [0.4, 0.5) is 0 Å². The molecule has 0 aromatic rings. The Balaban J connectivity index is 1.73. The Morgan fingerprint density at radius 3 is 2.30 bits per heavy atom. The molecule has 2 fully saturated rings. The SMILES string of the molecule is CCCNC(=O)C1CCN(CC(=O)N2CC(C)OC(C)C2)CC1. The van der Waals surface area contributed by atoms with Crippen LogP contribution in [0, 0.1) is 5.92 Å². The van der Waals surface area contributed by atoms with Crippen molar-refractivity contribution in [2.24, 2.45) is 5.92 Å². The van der Waals surface area contributed by atoms with Gasteiger partial charge in [0.15, 0.2) is 0 Å². The van der Waals surface area contributed by atoms with Crippen molar-refractivity contribution >= 4 is 11.8 Å². The fourth-order valence-electron chi connectivity index (χ4n) is 3.42. The Hall–Kier alpha value is -1.14. The van der Waals surface area contributed by atoms with Crippen LogP contribution in [0.25, 0.3) is 0 Å². The van der Waals surface area contributed by atoms with E-state index in [9.17, 15) is 9.59 Å². The van der Waals surface area contributed by atoms with Gasteiger partial charge in [-0.05, 0) is 46.2 Å². The highest BCUT2D eigenvalue weighted by atomic mass is 16.5.